The molecule has 0 aromatic carbocycles. The first-order valence-electron chi connectivity index (χ1n) is 31.1. The van der Waals surface area contributed by atoms with E-state index in [0.29, 0.717) is 19.3 Å². The second kappa shape index (κ2) is 50.2. The summed E-state index contributed by atoms with van der Waals surface area (Å²) in [6, 6.07) is -0.868. The van der Waals surface area contributed by atoms with Gasteiger partial charge in [-0.1, -0.05) is 232 Å². The Bertz CT molecular complexity index is 1760. The molecule has 0 bridgehead atoms. The van der Waals surface area contributed by atoms with Gasteiger partial charge in [0.25, 0.3) is 0 Å². The molecular formula is C66H111NO13. The van der Waals surface area contributed by atoms with Crippen molar-refractivity contribution in [3.05, 3.63) is 109 Å². The number of unbranched alkanes of at least 4 members (excludes halogenated alkanes) is 17. The van der Waals surface area contributed by atoms with Gasteiger partial charge in [0, 0.05) is 6.42 Å². The molecule has 1 amide bonds. The summed E-state index contributed by atoms with van der Waals surface area (Å²) in [5.74, 6) is -0.268. The van der Waals surface area contributed by atoms with E-state index in [1.54, 1.807) is 0 Å². The van der Waals surface area contributed by atoms with Gasteiger partial charge >= 0.3 is 0 Å². The molecule has 0 aromatic heterocycles. The first-order valence-corrected chi connectivity index (χ1v) is 31.1. The summed E-state index contributed by atoms with van der Waals surface area (Å²) in [5.41, 5.74) is 0. The molecule has 9 N–H and O–H groups in total. The first kappa shape index (κ1) is 72.8. The number of ether oxygens (including phenoxy) is 4. The number of hydrogen-bond acceptors (Lipinski definition) is 13. The van der Waals surface area contributed by atoms with E-state index in [-0.39, 0.29) is 18.9 Å². The van der Waals surface area contributed by atoms with Crippen LogP contribution >= 0.6 is 0 Å². The highest BCUT2D eigenvalue weighted by Crippen LogP contribution is 2.30. The third-order valence-electron chi connectivity index (χ3n) is 14.5. The predicted molar refractivity (Wildman–Crippen MR) is 322 cm³/mol. The van der Waals surface area contributed by atoms with Crippen LogP contribution in [0.4, 0.5) is 0 Å². The van der Waals surface area contributed by atoms with E-state index >= 15 is 0 Å². The van der Waals surface area contributed by atoms with Gasteiger partial charge in [-0.05, 0) is 77.0 Å². The summed E-state index contributed by atoms with van der Waals surface area (Å²) in [6.07, 6.45) is 53.7. The lowest BCUT2D eigenvalue weighted by molar-refractivity contribution is -0.359. The van der Waals surface area contributed by atoms with Gasteiger partial charge in [-0.2, -0.15) is 0 Å². The normalized spacial score (nSPS) is 25.0. The zero-order valence-electron chi connectivity index (χ0n) is 49.3. The van der Waals surface area contributed by atoms with Gasteiger partial charge in [0.1, 0.15) is 48.8 Å². The Labute approximate surface area is 483 Å². The molecule has 12 atom stereocenters. The van der Waals surface area contributed by atoms with Gasteiger partial charge in [0.2, 0.25) is 5.91 Å². The summed E-state index contributed by atoms with van der Waals surface area (Å²) in [5, 5.41) is 87.3. The number of aliphatic hydroxyl groups is 8. The maximum absolute atomic E-state index is 13.3. The van der Waals surface area contributed by atoms with Crippen molar-refractivity contribution in [1.29, 1.82) is 0 Å². The van der Waals surface area contributed by atoms with Crippen molar-refractivity contribution in [2.45, 2.75) is 280 Å². The average Bonchev–Trinajstić information content (AvgIpc) is 3.46. The fourth-order valence-electron chi connectivity index (χ4n) is 9.53. The van der Waals surface area contributed by atoms with E-state index in [1.807, 2.05) is 0 Å². The van der Waals surface area contributed by atoms with Crippen LogP contribution in [0.2, 0.25) is 0 Å². The number of hydrogen-bond donors (Lipinski definition) is 9. The van der Waals surface area contributed by atoms with E-state index in [4.69, 9.17) is 18.9 Å². The second-order valence-corrected chi connectivity index (χ2v) is 21.5. The third-order valence-corrected chi connectivity index (χ3v) is 14.5. The van der Waals surface area contributed by atoms with Gasteiger partial charge in [0.15, 0.2) is 12.6 Å². The lowest BCUT2D eigenvalue weighted by Gasteiger charge is -2.46. The maximum Gasteiger partial charge on any atom is 0.220 e. The van der Waals surface area contributed by atoms with Crippen molar-refractivity contribution in [2.24, 2.45) is 0 Å². The van der Waals surface area contributed by atoms with Crippen molar-refractivity contribution in [1.82, 2.24) is 5.32 Å². The van der Waals surface area contributed by atoms with Crippen LogP contribution in [0.25, 0.3) is 0 Å². The summed E-state index contributed by atoms with van der Waals surface area (Å²) in [6.45, 7) is 2.70. The second-order valence-electron chi connectivity index (χ2n) is 21.5. The van der Waals surface area contributed by atoms with Crippen molar-refractivity contribution in [3.63, 3.8) is 0 Å². The molecule has 2 saturated heterocycles. The van der Waals surface area contributed by atoms with Crippen LogP contribution < -0.4 is 5.32 Å². The van der Waals surface area contributed by atoms with E-state index in [0.717, 1.165) is 83.5 Å². The largest absolute Gasteiger partial charge is 0.394 e. The van der Waals surface area contributed by atoms with Crippen LogP contribution in [0.5, 0.6) is 0 Å². The monoisotopic (exact) mass is 1130 g/mol. The van der Waals surface area contributed by atoms with Crippen molar-refractivity contribution in [3.8, 4) is 0 Å². The number of carbonyl (C=O) groups excluding carboxylic acids is 1. The van der Waals surface area contributed by atoms with Gasteiger partial charge in [-0.15, -0.1) is 0 Å². The maximum atomic E-state index is 13.3. The molecule has 80 heavy (non-hydrogen) atoms. The molecule has 2 fully saturated rings. The highest BCUT2D eigenvalue weighted by molar-refractivity contribution is 5.76. The minimum atomic E-state index is -1.79. The van der Waals surface area contributed by atoms with Crippen LogP contribution in [0, 0.1) is 0 Å². The smallest absolute Gasteiger partial charge is 0.220 e. The molecule has 2 aliphatic heterocycles. The van der Waals surface area contributed by atoms with Crippen LogP contribution in [0.15, 0.2) is 109 Å². The zero-order chi connectivity index (χ0) is 58.1. The Hall–Kier alpha value is -3.35. The molecule has 2 rings (SSSR count). The molecule has 14 nitrogen and oxygen atoms in total. The van der Waals surface area contributed by atoms with Crippen LogP contribution in [-0.4, -0.2) is 140 Å². The van der Waals surface area contributed by atoms with E-state index < -0.39 is 86.8 Å². The third kappa shape index (κ3) is 34.9. The fraction of sp³-hybridized carbons (Fsp3) is 0.712. The lowest BCUT2D eigenvalue weighted by Crippen LogP contribution is -2.65. The quantitative estimate of drug-likeness (QED) is 0.0204. The summed E-state index contributed by atoms with van der Waals surface area (Å²) < 4.78 is 22.8. The van der Waals surface area contributed by atoms with Crippen LogP contribution in [0.3, 0.4) is 0 Å². The summed E-state index contributed by atoms with van der Waals surface area (Å²) >= 11 is 0. The summed E-state index contributed by atoms with van der Waals surface area (Å²) in [7, 11) is 0. The molecule has 14 heteroatoms. The molecule has 0 radical (unpaired) electrons. The Morgan fingerprint density at radius 2 is 0.850 bits per heavy atom. The summed E-state index contributed by atoms with van der Waals surface area (Å²) in [4.78, 5) is 13.3. The Morgan fingerprint density at radius 3 is 1.27 bits per heavy atom. The molecule has 2 aliphatic rings. The fourth-order valence-corrected chi connectivity index (χ4v) is 9.53. The topological polar surface area (TPSA) is 228 Å². The van der Waals surface area contributed by atoms with Crippen LogP contribution in [0.1, 0.15) is 206 Å². The van der Waals surface area contributed by atoms with Gasteiger partial charge in [-0.3, -0.25) is 4.79 Å². The molecule has 0 spiro atoms. The van der Waals surface area contributed by atoms with Crippen LogP contribution in [-0.2, 0) is 23.7 Å². The van der Waals surface area contributed by atoms with E-state index in [9.17, 15) is 45.6 Å². The van der Waals surface area contributed by atoms with Gasteiger partial charge in [0.05, 0.1) is 32.0 Å². The van der Waals surface area contributed by atoms with E-state index in [2.05, 4.69) is 129 Å². The molecule has 0 aromatic rings. The Kier molecular flexibility index (Phi) is 45.6. The minimum absolute atomic E-state index is 0.217. The molecule has 0 saturated carbocycles. The predicted octanol–water partition coefficient (Wildman–Crippen LogP) is 11.2. The molecular weight excluding hydrogens is 1010 g/mol. The van der Waals surface area contributed by atoms with Gasteiger partial charge < -0.3 is 65.1 Å². The number of nitrogens with one attached hydrogen (secondary N) is 1. The number of rotatable bonds is 48. The molecule has 2 heterocycles. The number of amides is 1. The van der Waals surface area contributed by atoms with Crippen molar-refractivity contribution < 1.29 is 64.6 Å². The average molecular weight is 1130 g/mol. The van der Waals surface area contributed by atoms with Crippen molar-refractivity contribution in [2.75, 3.05) is 19.8 Å². The number of carbonyl (C=O) groups is 1. The lowest BCUT2D eigenvalue weighted by atomic mass is 9.97. The Morgan fingerprint density at radius 1 is 0.463 bits per heavy atom. The highest BCUT2D eigenvalue weighted by Gasteiger charge is 2.51. The van der Waals surface area contributed by atoms with Gasteiger partial charge in [-0.25, -0.2) is 0 Å². The standard InChI is InChI=1S/C66H111NO13/c1-3-5-7-9-11-13-15-17-19-21-22-23-24-25-26-27-28-29-30-31-32-34-36-38-40-42-44-46-48-50-58(71)67-54(55(70)49-47-45-43-41-39-37-35-33-20-18-16-14-12-10-8-6-4-2)53-77-65-63(76)61(74)64(57(52-69)79-65)80-66-62(75)60(73)59(72)56(51-68)78-66/h5,7,11,13,17,19,22-23,25-26,28-29,31-32,36,38,42,44,54-57,59-66,68-70,72-76H,3-4,6,8-10,12,14-16,18,20-21,24,27,30,33-35,37,39-41,43,45-53H2,1-2H3,(H,67,71)/b7-5-,13-11-,19-17-,23-22-,26-25-,29-28-,32-31-,38-36-,44-42-. The minimum Gasteiger partial charge on any atom is -0.394 e. The number of allylic oxidation sites excluding steroid dienone is 18. The van der Waals surface area contributed by atoms with Crippen molar-refractivity contribution >= 4 is 5.91 Å². The SMILES string of the molecule is CC/C=C\C/C=C\C/C=C\C/C=C\C/C=C\C/C=C\C/C=C\C/C=C\C/C=C\CCCC(=O)NC(COC1OC(CO)C(OC2OC(CO)C(O)C(O)C2O)C(O)C1O)C(O)CCCCCCCCCCCCCCCCCCC. The molecule has 0 aliphatic carbocycles. The Balaban J connectivity index is 1.76. The zero-order valence-corrected chi connectivity index (χ0v) is 49.3. The molecule has 12 unspecified atom stereocenters. The molecule has 458 valence electrons. The van der Waals surface area contributed by atoms with E-state index in [1.165, 1.54) is 83.5 Å². The number of aliphatic hydroxyl groups excluding tert-OH is 8. The highest BCUT2D eigenvalue weighted by atomic mass is 16.7. The first-order chi connectivity index (χ1) is 39.1.